The van der Waals surface area contributed by atoms with E-state index in [-0.39, 0.29) is 6.61 Å². The number of oxazole rings is 1. The fourth-order valence-corrected chi connectivity index (χ4v) is 3.18. The number of benzene rings is 2. The first-order valence-corrected chi connectivity index (χ1v) is 11.0. The molecule has 1 aromatic heterocycles. The number of aliphatic carboxylic acids is 1. The highest BCUT2D eigenvalue weighted by atomic mass is 16.5. The van der Waals surface area contributed by atoms with Crippen molar-refractivity contribution in [3.05, 3.63) is 55.1 Å². The van der Waals surface area contributed by atoms with Crippen LogP contribution in [0.3, 0.4) is 0 Å². The topological polar surface area (TPSA) is 149 Å². The summed E-state index contributed by atoms with van der Waals surface area (Å²) < 4.78 is 21.6. The van der Waals surface area contributed by atoms with Crippen LogP contribution in [0.15, 0.2) is 59.5 Å². The van der Waals surface area contributed by atoms with Crippen molar-refractivity contribution in [1.29, 1.82) is 0 Å². The molecule has 0 aliphatic rings. The third-order valence-electron chi connectivity index (χ3n) is 5.00. The zero-order valence-electron chi connectivity index (χ0n) is 20.1. The van der Waals surface area contributed by atoms with Crippen molar-refractivity contribution in [3.8, 4) is 28.6 Å². The number of carboxylic acid groups (broad SMARTS) is 1. The number of carbonyl (C=O) groups excluding carboxylic acids is 2. The molecule has 0 radical (unpaired) electrons. The van der Waals surface area contributed by atoms with Crippen LogP contribution in [-0.4, -0.2) is 53.7 Å². The normalized spacial score (nSPS) is 10.9. The molecule has 0 spiro atoms. The van der Waals surface area contributed by atoms with E-state index in [1.165, 1.54) is 19.7 Å². The maximum absolute atomic E-state index is 12.5. The Hall–Kier alpha value is -4.54. The van der Waals surface area contributed by atoms with Gasteiger partial charge in [-0.1, -0.05) is 12.1 Å². The number of para-hydroxylation sites is 2. The number of methoxy groups -OCH3 is 1. The molecule has 0 atom stereocenters. The molecule has 36 heavy (non-hydrogen) atoms. The zero-order chi connectivity index (χ0) is 26.1. The third kappa shape index (κ3) is 7.23. The summed E-state index contributed by atoms with van der Waals surface area (Å²) in [6.07, 6.45) is 3.20. The highest BCUT2D eigenvalue weighted by molar-refractivity contribution is 6.39. The van der Waals surface area contributed by atoms with E-state index in [0.717, 1.165) is 0 Å². The highest BCUT2D eigenvalue weighted by Gasteiger charge is 2.25. The number of amides is 2. The van der Waals surface area contributed by atoms with E-state index in [9.17, 15) is 14.4 Å². The van der Waals surface area contributed by atoms with Crippen molar-refractivity contribution in [3.63, 3.8) is 0 Å². The third-order valence-corrected chi connectivity index (χ3v) is 5.00. The standard InChI is InChI=1S/C25H27N3O8/c1-25(2,10-11-34-18-6-4-5-7-19(18)35-14-22(29)30)28-24(32)23(31)27-16-8-9-17(20(12-16)33-3)21-13-26-15-36-21/h4-9,12-13,15H,10-11,14H2,1-3H3,(H,27,31)(H,28,32)(H,29,30). The van der Waals surface area contributed by atoms with Crippen LogP contribution < -0.4 is 24.8 Å². The fraction of sp³-hybridized carbons (Fsp3) is 0.280. The van der Waals surface area contributed by atoms with Gasteiger partial charge < -0.3 is 34.4 Å². The Morgan fingerprint density at radius 3 is 2.39 bits per heavy atom. The minimum absolute atomic E-state index is 0.183. The summed E-state index contributed by atoms with van der Waals surface area (Å²) in [6.45, 7) is 3.20. The summed E-state index contributed by atoms with van der Waals surface area (Å²) in [5.41, 5.74) is 0.238. The lowest BCUT2D eigenvalue weighted by Gasteiger charge is -2.26. The summed E-state index contributed by atoms with van der Waals surface area (Å²) in [5, 5.41) is 14.0. The number of nitrogens with one attached hydrogen (secondary N) is 2. The second-order valence-corrected chi connectivity index (χ2v) is 8.30. The fourth-order valence-electron chi connectivity index (χ4n) is 3.18. The average molecular weight is 498 g/mol. The molecular formula is C25H27N3O8. The number of ether oxygens (including phenoxy) is 3. The van der Waals surface area contributed by atoms with E-state index in [2.05, 4.69) is 15.6 Å². The first-order valence-electron chi connectivity index (χ1n) is 11.0. The summed E-state index contributed by atoms with van der Waals surface area (Å²) in [6, 6.07) is 11.6. The van der Waals surface area contributed by atoms with Crippen molar-refractivity contribution >= 4 is 23.5 Å². The minimum Gasteiger partial charge on any atom is -0.496 e. The van der Waals surface area contributed by atoms with Gasteiger partial charge in [0.1, 0.15) is 5.75 Å². The van der Waals surface area contributed by atoms with Gasteiger partial charge in [-0.15, -0.1) is 0 Å². The highest BCUT2D eigenvalue weighted by Crippen LogP contribution is 2.32. The lowest BCUT2D eigenvalue weighted by atomic mass is 10.0. The van der Waals surface area contributed by atoms with Crippen LogP contribution in [0.25, 0.3) is 11.3 Å². The van der Waals surface area contributed by atoms with E-state index in [4.69, 9.17) is 23.7 Å². The van der Waals surface area contributed by atoms with Gasteiger partial charge in [0.05, 0.1) is 25.5 Å². The molecule has 3 rings (SSSR count). The van der Waals surface area contributed by atoms with Gasteiger partial charge in [-0.25, -0.2) is 9.78 Å². The van der Waals surface area contributed by atoms with Crippen LogP contribution >= 0.6 is 0 Å². The second-order valence-electron chi connectivity index (χ2n) is 8.30. The number of hydrogen-bond acceptors (Lipinski definition) is 8. The molecule has 3 aromatic rings. The minimum atomic E-state index is -1.10. The molecule has 0 saturated heterocycles. The summed E-state index contributed by atoms with van der Waals surface area (Å²) in [4.78, 5) is 39.6. The predicted molar refractivity (Wildman–Crippen MR) is 129 cm³/mol. The van der Waals surface area contributed by atoms with Gasteiger partial charge in [0.2, 0.25) is 0 Å². The number of carboxylic acids is 1. The van der Waals surface area contributed by atoms with Crippen molar-refractivity contribution in [2.24, 2.45) is 0 Å². The Kier molecular flexibility index (Phi) is 8.50. The van der Waals surface area contributed by atoms with Gasteiger partial charge in [0.25, 0.3) is 0 Å². The van der Waals surface area contributed by atoms with Gasteiger partial charge in [-0.3, -0.25) is 9.59 Å². The van der Waals surface area contributed by atoms with Crippen molar-refractivity contribution < 1.29 is 38.1 Å². The van der Waals surface area contributed by atoms with Crippen LogP contribution in [0.2, 0.25) is 0 Å². The van der Waals surface area contributed by atoms with Crippen molar-refractivity contribution in [2.75, 3.05) is 25.6 Å². The molecule has 3 N–H and O–H groups in total. The van der Waals surface area contributed by atoms with Gasteiger partial charge in [0.15, 0.2) is 30.3 Å². The first kappa shape index (κ1) is 26.1. The maximum Gasteiger partial charge on any atom is 0.341 e. The average Bonchev–Trinajstić information content (AvgIpc) is 3.37. The summed E-state index contributed by atoms with van der Waals surface area (Å²) >= 11 is 0. The van der Waals surface area contributed by atoms with Gasteiger partial charge in [-0.05, 0) is 38.1 Å². The Labute approximate surface area is 207 Å². The Morgan fingerprint density at radius 1 is 1.03 bits per heavy atom. The number of carbonyl (C=O) groups is 3. The molecule has 0 fully saturated rings. The van der Waals surface area contributed by atoms with Crippen molar-refractivity contribution in [2.45, 2.75) is 25.8 Å². The summed E-state index contributed by atoms with van der Waals surface area (Å²) in [5.74, 6) is -1.14. The first-order chi connectivity index (χ1) is 17.2. The van der Waals surface area contributed by atoms with E-state index in [0.29, 0.717) is 40.7 Å². The van der Waals surface area contributed by atoms with Gasteiger partial charge >= 0.3 is 17.8 Å². The van der Waals surface area contributed by atoms with Crippen LogP contribution in [0, 0.1) is 0 Å². The molecule has 2 amide bonds. The molecule has 190 valence electrons. The van der Waals surface area contributed by atoms with E-state index >= 15 is 0 Å². The Balaban J connectivity index is 1.54. The zero-order valence-corrected chi connectivity index (χ0v) is 20.1. The van der Waals surface area contributed by atoms with E-state index in [1.54, 1.807) is 56.3 Å². The Bertz CT molecular complexity index is 1210. The molecule has 0 aliphatic carbocycles. The SMILES string of the molecule is COc1cc(NC(=O)C(=O)NC(C)(C)CCOc2ccccc2OCC(=O)O)ccc1-c1cnco1. The lowest BCUT2D eigenvalue weighted by Crippen LogP contribution is -2.48. The van der Waals surface area contributed by atoms with Crippen LogP contribution in [-0.2, 0) is 14.4 Å². The van der Waals surface area contributed by atoms with Gasteiger partial charge in [-0.2, -0.15) is 0 Å². The molecule has 11 nitrogen and oxygen atoms in total. The molecule has 11 heteroatoms. The smallest absolute Gasteiger partial charge is 0.341 e. The largest absolute Gasteiger partial charge is 0.496 e. The molecule has 0 unspecified atom stereocenters. The van der Waals surface area contributed by atoms with Crippen LogP contribution in [0.1, 0.15) is 20.3 Å². The van der Waals surface area contributed by atoms with Crippen LogP contribution in [0.5, 0.6) is 17.2 Å². The lowest BCUT2D eigenvalue weighted by molar-refractivity contribution is -0.139. The summed E-state index contributed by atoms with van der Waals surface area (Å²) in [7, 11) is 1.48. The number of rotatable bonds is 11. The number of nitrogens with zero attached hydrogens (tertiary/aromatic N) is 1. The quantitative estimate of drug-likeness (QED) is 0.340. The molecule has 1 heterocycles. The van der Waals surface area contributed by atoms with Crippen LogP contribution in [0.4, 0.5) is 5.69 Å². The maximum atomic E-state index is 12.5. The number of aromatic nitrogens is 1. The molecule has 2 aromatic carbocycles. The van der Waals surface area contributed by atoms with Gasteiger partial charge in [0, 0.05) is 23.7 Å². The molecule has 0 saturated carbocycles. The van der Waals surface area contributed by atoms with E-state index in [1.807, 2.05) is 0 Å². The predicted octanol–water partition coefficient (Wildman–Crippen LogP) is 3.12. The number of hydrogen-bond donors (Lipinski definition) is 3. The van der Waals surface area contributed by atoms with E-state index < -0.39 is 29.9 Å². The molecule has 0 aliphatic heterocycles. The number of anilines is 1. The Morgan fingerprint density at radius 2 is 1.75 bits per heavy atom. The molecule has 0 bridgehead atoms. The molecular weight excluding hydrogens is 470 g/mol. The second kappa shape index (κ2) is 11.7. The monoisotopic (exact) mass is 497 g/mol. The van der Waals surface area contributed by atoms with Crippen molar-refractivity contribution in [1.82, 2.24) is 10.3 Å².